The Morgan fingerprint density at radius 2 is 1.21 bits per heavy atom. The van der Waals surface area contributed by atoms with Crippen molar-refractivity contribution in [3.63, 3.8) is 0 Å². The normalized spacial score (nSPS) is 24.9. The van der Waals surface area contributed by atoms with Gasteiger partial charge in [0.2, 0.25) is 0 Å². The van der Waals surface area contributed by atoms with Gasteiger partial charge in [-0.2, -0.15) is 0 Å². The molecule has 0 aromatic rings. The zero-order valence-electron chi connectivity index (χ0n) is 13.0. The molecule has 0 bridgehead atoms. The summed E-state index contributed by atoms with van der Waals surface area (Å²) < 4.78 is 6.02. The molecule has 0 unspecified atom stereocenters. The van der Waals surface area contributed by atoms with Crippen molar-refractivity contribution in [3.05, 3.63) is 0 Å². The maximum Gasteiger partial charge on any atom is 0.165 e. The number of rotatable bonds is 5. The Balaban J connectivity index is 1.95. The standard InChI is InChI=1S/C17H34OSi/c1-2-18-19-17(15-11-7-3-4-8-12-15)16-13-9-5-6-10-14-16/h15-17H,2-14,19H2,1H3. The van der Waals surface area contributed by atoms with Gasteiger partial charge in [-0.15, -0.1) is 0 Å². The van der Waals surface area contributed by atoms with E-state index in [1.807, 2.05) is 0 Å². The van der Waals surface area contributed by atoms with E-state index in [0.29, 0.717) is 0 Å². The van der Waals surface area contributed by atoms with Crippen LogP contribution in [0.1, 0.15) is 84.0 Å². The second kappa shape index (κ2) is 9.18. The van der Waals surface area contributed by atoms with Gasteiger partial charge in [0.15, 0.2) is 9.76 Å². The molecular formula is C17H34OSi. The zero-order chi connectivity index (χ0) is 13.3. The molecule has 2 aliphatic rings. The monoisotopic (exact) mass is 282 g/mol. The summed E-state index contributed by atoms with van der Waals surface area (Å²) >= 11 is 0. The average Bonchev–Trinajstić information content (AvgIpc) is 2.84. The van der Waals surface area contributed by atoms with Gasteiger partial charge in [0.25, 0.3) is 0 Å². The topological polar surface area (TPSA) is 9.23 Å². The molecule has 0 spiro atoms. The zero-order valence-corrected chi connectivity index (χ0v) is 14.5. The van der Waals surface area contributed by atoms with Gasteiger partial charge in [0.05, 0.1) is 0 Å². The smallest absolute Gasteiger partial charge is 0.165 e. The fourth-order valence-corrected chi connectivity index (χ4v) is 6.38. The number of hydrogen-bond donors (Lipinski definition) is 0. The van der Waals surface area contributed by atoms with E-state index in [1.54, 1.807) is 0 Å². The molecule has 0 heterocycles. The molecule has 19 heavy (non-hydrogen) atoms. The minimum absolute atomic E-state index is 0.295. The highest BCUT2D eigenvalue weighted by Crippen LogP contribution is 2.42. The van der Waals surface area contributed by atoms with Crippen molar-refractivity contribution < 1.29 is 4.43 Å². The lowest BCUT2D eigenvalue weighted by Crippen LogP contribution is -2.25. The largest absolute Gasteiger partial charge is 0.424 e. The Kier molecular flexibility index (Phi) is 7.52. The summed E-state index contributed by atoms with van der Waals surface area (Å²) in [4.78, 5) is 0. The molecule has 0 saturated heterocycles. The third-order valence-electron chi connectivity index (χ3n) is 5.53. The van der Waals surface area contributed by atoms with Crippen molar-refractivity contribution in [3.8, 4) is 0 Å². The van der Waals surface area contributed by atoms with Gasteiger partial charge in [0.1, 0.15) is 0 Å². The van der Waals surface area contributed by atoms with E-state index in [9.17, 15) is 0 Å². The molecule has 2 aliphatic carbocycles. The third kappa shape index (κ3) is 5.22. The van der Waals surface area contributed by atoms with Gasteiger partial charge in [-0.3, -0.25) is 0 Å². The van der Waals surface area contributed by atoms with Crippen molar-refractivity contribution in [2.24, 2.45) is 11.8 Å². The Morgan fingerprint density at radius 1 is 0.789 bits per heavy atom. The average molecular weight is 283 g/mol. The molecule has 1 nitrogen and oxygen atoms in total. The molecule has 0 N–H and O–H groups in total. The Labute approximate surface area is 122 Å². The molecular weight excluding hydrogens is 248 g/mol. The van der Waals surface area contributed by atoms with Crippen LogP contribution in [0.5, 0.6) is 0 Å². The van der Waals surface area contributed by atoms with Crippen LogP contribution in [-0.4, -0.2) is 16.4 Å². The molecule has 2 saturated carbocycles. The van der Waals surface area contributed by atoms with Gasteiger partial charge in [-0.05, 0) is 24.3 Å². The molecule has 2 fully saturated rings. The van der Waals surface area contributed by atoms with E-state index in [-0.39, 0.29) is 9.76 Å². The summed E-state index contributed by atoms with van der Waals surface area (Å²) in [6.45, 7) is 3.15. The Bertz CT molecular complexity index is 195. The molecule has 0 atom stereocenters. The lowest BCUT2D eigenvalue weighted by Gasteiger charge is -2.32. The fraction of sp³-hybridized carbons (Fsp3) is 1.00. The summed E-state index contributed by atoms with van der Waals surface area (Å²) in [6, 6.07) is 0. The van der Waals surface area contributed by atoms with Crippen molar-refractivity contribution in [2.75, 3.05) is 6.61 Å². The van der Waals surface area contributed by atoms with E-state index in [1.165, 1.54) is 77.0 Å². The molecule has 0 radical (unpaired) electrons. The summed E-state index contributed by atoms with van der Waals surface area (Å²) in [5.41, 5.74) is 1.01. The SMILES string of the molecule is CCO[SiH2]C(C1CCCCCC1)C1CCCCCC1. The van der Waals surface area contributed by atoms with Gasteiger partial charge >= 0.3 is 0 Å². The van der Waals surface area contributed by atoms with Crippen molar-refractivity contribution in [1.29, 1.82) is 0 Å². The van der Waals surface area contributed by atoms with Crippen LogP contribution in [0.2, 0.25) is 5.54 Å². The third-order valence-corrected chi connectivity index (χ3v) is 7.89. The second-order valence-electron chi connectivity index (χ2n) is 6.83. The predicted molar refractivity (Wildman–Crippen MR) is 86.3 cm³/mol. The van der Waals surface area contributed by atoms with Crippen LogP contribution >= 0.6 is 0 Å². The first-order chi connectivity index (χ1) is 9.42. The second-order valence-corrected chi connectivity index (χ2v) is 8.51. The van der Waals surface area contributed by atoms with Gasteiger partial charge in [-0.25, -0.2) is 0 Å². The quantitative estimate of drug-likeness (QED) is 0.518. The van der Waals surface area contributed by atoms with Crippen LogP contribution in [-0.2, 0) is 4.43 Å². The minimum atomic E-state index is -0.295. The molecule has 0 aromatic carbocycles. The highest BCUT2D eigenvalue weighted by Gasteiger charge is 2.30. The fourth-order valence-electron chi connectivity index (χ4n) is 4.39. The van der Waals surface area contributed by atoms with E-state index in [0.717, 1.165) is 24.0 Å². The highest BCUT2D eigenvalue weighted by atomic mass is 28.2. The van der Waals surface area contributed by atoms with E-state index in [4.69, 9.17) is 4.43 Å². The van der Waals surface area contributed by atoms with Crippen LogP contribution < -0.4 is 0 Å². The molecule has 2 heteroatoms. The maximum atomic E-state index is 6.02. The number of hydrogen-bond acceptors (Lipinski definition) is 1. The molecule has 0 aromatic heterocycles. The molecule has 0 aliphatic heterocycles. The van der Waals surface area contributed by atoms with Crippen LogP contribution in [0.3, 0.4) is 0 Å². The predicted octanol–water partition coefficient (Wildman–Crippen LogP) is 4.84. The van der Waals surface area contributed by atoms with Crippen molar-refractivity contribution >= 4 is 9.76 Å². The van der Waals surface area contributed by atoms with E-state index < -0.39 is 0 Å². The van der Waals surface area contributed by atoms with Crippen LogP contribution in [0, 0.1) is 11.8 Å². The van der Waals surface area contributed by atoms with Gasteiger partial charge in [0, 0.05) is 6.61 Å². The molecule has 0 amide bonds. The van der Waals surface area contributed by atoms with Crippen molar-refractivity contribution in [2.45, 2.75) is 89.5 Å². The lowest BCUT2D eigenvalue weighted by atomic mass is 9.84. The Morgan fingerprint density at radius 3 is 1.58 bits per heavy atom. The van der Waals surface area contributed by atoms with Crippen LogP contribution in [0.4, 0.5) is 0 Å². The Hall–Kier alpha value is 0.177. The first-order valence-electron chi connectivity index (χ1n) is 8.99. The maximum absolute atomic E-state index is 6.02. The van der Waals surface area contributed by atoms with Gasteiger partial charge in [-0.1, -0.05) is 77.0 Å². The lowest BCUT2D eigenvalue weighted by molar-refractivity contribution is 0.271. The minimum Gasteiger partial charge on any atom is -0.424 e. The molecule has 112 valence electrons. The van der Waals surface area contributed by atoms with E-state index >= 15 is 0 Å². The van der Waals surface area contributed by atoms with Crippen LogP contribution in [0.25, 0.3) is 0 Å². The summed E-state index contributed by atoms with van der Waals surface area (Å²) in [6.07, 6.45) is 18.0. The van der Waals surface area contributed by atoms with Crippen molar-refractivity contribution in [1.82, 2.24) is 0 Å². The van der Waals surface area contributed by atoms with Crippen LogP contribution in [0.15, 0.2) is 0 Å². The molecule has 2 rings (SSSR count). The summed E-state index contributed by atoms with van der Waals surface area (Å²) in [5, 5.41) is 0. The van der Waals surface area contributed by atoms with E-state index in [2.05, 4.69) is 6.92 Å². The highest BCUT2D eigenvalue weighted by molar-refractivity contribution is 6.29. The summed E-state index contributed by atoms with van der Waals surface area (Å²) in [5.74, 6) is 2.06. The summed E-state index contributed by atoms with van der Waals surface area (Å²) in [7, 11) is -0.295. The van der Waals surface area contributed by atoms with Gasteiger partial charge < -0.3 is 4.43 Å². The first kappa shape index (κ1) is 15.6. The first-order valence-corrected chi connectivity index (χ1v) is 10.4.